The Kier molecular flexibility index (Phi) is 6.45. The molecule has 0 bridgehead atoms. The molecule has 1 heterocycles. The molecule has 0 radical (unpaired) electrons. The van der Waals surface area contributed by atoms with Crippen molar-refractivity contribution in [1.82, 2.24) is 15.5 Å². The Morgan fingerprint density at radius 3 is 2.30 bits per heavy atom. The van der Waals surface area contributed by atoms with E-state index < -0.39 is 0 Å². The van der Waals surface area contributed by atoms with Crippen molar-refractivity contribution in [2.45, 2.75) is 65.3 Å². The van der Waals surface area contributed by atoms with Crippen LogP contribution in [0.25, 0.3) is 0 Å². The molecule has 0 aromatic rings. The van der Waals surface area contributed by atoms with Crippen LogP contribution in [0.5, 0.6) is 0 Å². The lowest BCUT2D eigenvalue weighted by molar-refractivity contribution is -0.131. The second-order valence-electron chi connectivity index (χ2n) is 8.11. The lowest BCUT2D eigenvalue weighted by Crippen LogP contribution is -2.48. The SMILES string of the molecule is CC(C)(C)[C@H]1CCCC[C@@H]1NCC(=O)NCC(=O)N1CCCC1. The summed E-state index contributed by atoms with van der Waals surface area (Å²) >= 11 is 0. The molecule has 1 saturated carbocycles. The third kappa shape index (κ3) is 5.48. The molecule has 2 fully saturated rings. The molecule has 1 aliphatic heterocycles. The van der Waals surface area contributed by atoms with E-state index in [9.17, 15) is 9.59 Å². The highest BCUT2D eigenvalue weighted by Crippen LogP contribution is 2.37. The van der Waals surface area contributed by atoms with Gasteiger partial charge >= 0.3 is 0 Å². The summed E-state index contributed by atoms with van der Waals surface area (Å²) in [7, 11) is 0. The Balaban J connectivity index is 1.71. The Morgan fingerprint density at radius 1 is 1.00 bits per heavy atom. The van der Waals surface area contributed by atoms with Gasteiger partial charge in [0.15, 0.2) is 0 Å². The summed E-state index contributed by atoms with van der Waals surface area (Å²) in [5.74, 6) is 0.576. The summed E-state index contributed by atoms with van der Waals surface area (Å²) in [4.78, 5) is 25.8. The first-order valence-electron chi connectivity index (χ1n) is 9.16. The molecule has 0 aromatic carbocycles. The minimum atomic E-state index is -0.0734. The van der Waals surface area contributed by atoms with Gasteiger partial charge in [-0.25, -0.2) is 0 Å². The maximum atomic E-state index is 12.0. The third-order valence-electron chi connectivity index (χ3n) is 5.30. The van der Waals surface area contributed by atoms with E-state index in [1.165, 1.54) is 19.3 Å². The zero-order chi connectivity index (χ0) is 16.9. The number of nitrogens with one attached hydrogen (secondary N) is 2. The molecule has 5 nitrogen and oxygen atoms in total. The van der Waals surface area contributed by atoms with Gasteiger partial charge in [-0.05, 0) is 37.0 Å². The monoisotopic (exact) mass is 323 g/mol. The van der Waals surface area contributed by atoms with Gasteiger partial charge in [0.25, 0.3) is 0 Å². The molecule has 0 spiro atoms. The highest BCUT2D eigenvalue weighted by molar-refractivity contribution is 5.85. The topological polar surface area (TPSA) is 61.4 Å². The highest BCUT2D eigenvalue weighted by atomic mass is 16.2. The first-order chi connectivity index (χ1) is 10.9. The third-order valence-corrected chi connectivity index (χ3v) is 5.30. The average molecular weight is 323 g/mol. The minimum Gasteiger partial charge on any atom is -0.346 e. The van der Waals surface area contributed by atoms with E-state index in [1.807, 2.05) is 4.90 Å². The predicted octanol–water partition coefficient (Wildman–Crippen LogP) is 1.92. The largest absolute Gasteiger partial charge is 0.346 e. The van der Waals surface area contributed by atoms with Crippen molar-refractivity contribution in [2.24, 2.45) is 11.3 Å². The number of rotatable bonds is 5. The molecule has 2 N–H and O–H groups in total. The fraction of sp³-hybridized carbons (Fsp3) is 0.889. The van der Waals surface area contributed by atoms with Crippen molar-refractivity contribution in [1.29, 1.82) is 0 Å². The summed E-state index contributed by atoms with van der Waals surface area (Å²) in [6, 6.07) is 0.406. The smallest absolute Gasteiger partial charge is 0.241 e. The average Bonchev–Trinajstić information content (AvgIpc) is 3.04. The van der Waals surface area contributed by atoms with Gasteiger partial charge in [-0.2, -0.15) is 0 Å². The van der Waals surface area contributed by atoms with Crippen molar-refractivity contribution in [3.8, 4) is 0 Å². The first kappa shape index (κ1) is 18.2. The summed E-state index contributed by atoms with van der Waals surface area (Å²) in [6.45, 7) is 8.97. The van der Waals surface area contributed by atoms with Crippen molar-refractivity contribution >= 4 is 11.8 Å². The zero-order valence-electron chi connectivity index (χ0n) is 15.0. The Hall–Kier alpha value is -1.10. The molecule has 1 saturated heterocycles. The maximum absolute atomic E-state index is 12.0. The van der Waals surface area contributed by atoms with Crippen molar-refractivity contribution < 1.29 is 9.59 Å². The summed E-state index contributed by atoms with van der Waals surface area (Å²) in [6.07, 6.45) is 7.06. The molecule has 2 atom stereocenters. The minimum absolute atomic E-state index is 0.0427. The lowest BCUT2D eigenvalue weighted by atomic mass is 9.69. The van der Waals surface area contributed by atoms with E-state index >= 15 is 0 Å². The maximum Gasteiger partial charge on any atom is 0.241 e. The molecule has 2 amide bonds. The number of likely N-dealkylation sites (tertiary alicyclic amines) is 1. The summed E-state index contributed by atoms with van der Waals surface area (Å²) in [5, 5.41) is 6.19. The van der Waals surface area contributed by atoms with Crippen LogP contribution >= 0.6 is 0 Å². The molecular weight excluding hydrogens is 290 g/mol. The van der Waals surface area contributed by atoms with Gasteiger partial charge in [-0.1, -0.05) is 33.6 Å². The predicted molar refractivity (Wildman–Crippen MR) is 92.0 cm³/mol. The van der Waals surface area contributed by atoms with Crippen LogP contribution in [0, 0.1) is 11.3 Å². The first-order valence-corrected chi connectivity index (χ1v) is 9.16. The Bertz CT molecular complexity index is 411. The summed E-state index contributed by atoms with van der Waals surface area (Å²) in [5.41, 5.74) is 0.264. The fourth-order valence-electron chi connectivity index (χ4n) is 3.95. The van der Waals surface area contributed by atoms with Crippen molar-refractivity contribution in [3.63, 3.8) is 0 Å². The number of amides is 2. The Labute approximate surface area is 140 Å². The quantitative estimate of drug-likeness (QED) is 0.812. The second kappa shape index (κ2) is 8.13. The van der Waals surface area contributed by atoms with E-state index in [2.05, 4.69) is 31.4 Å². The number of hydrogen-bond donors (Lipinski definition) is 2. The molecule has 23 heavy (non-hydrogen) atoms. The van der Waals surface area contributed by atoms with Crippen LogP contribution in [-0.4, -0.2) is 48.9 Å². The van der Waals surface area contributed by atoms with Gasteiger partial charge in [0, 0.05) is 19.1 Å². The molecule has 5 heteroatoms. The van der Waals surface area contributed by atoms with E-state index in [0.29, 0.717) is 18.5 Å². The number of carbonyl (C=O) groups is 2. The molecule has 0 unspecified atom stereocenters. The van der Waals surface area contributed by atoms with Gasteiger partial charge in [-0.15, -0.1) is 0 Å². The van der Waals surface area contributed by atoms with Crippen molar-refractivity contribution in [2.75, 3.05) is 26.2 Å². The van der Waals surface area contributed by atoms with Crippen LogP contribution in [0.1, 0.15) is 59.3 Å². The fourth-order valence-corrected chi connectivity index (χ4v) is 3.95. The van der Waals surface area contributed by atoms with E-state index in [-0.39, 0.29) is 23.8 Å². The van der Waals surface area contributed by atoms with Gasteiger partial charge in [0.1, 0.15) is 0 Å². The van der Waals surface area contributed by atoms with E-state index in [0.717, 1.165) is 32.4 Å². The molecule has 2 rings (SSSR count). The van der Waals surface area contributed by atoms with Gasteiger partial charge in [-0.3, -0.25) is 9.59 Å². The number of carbonyl (C=O) groups excluding carboxylic acids is 2. The summed E-state index contributed by atoms with van der Waals surface area (Å²) < 4.78 is 0. The normalized spacial score (nSPS) is 25.4. The molecule has 132 valence electrons. The molecule has 2 aliphatic rings. The number of nitrogens with zero attached hydrogens (tertiary/aromatic N) is 1. The van der Waals surface area contributed by atoms with Crippen LogP contribution in [0.4, 0.5) is 0 Å². The standard InChI is InChI=1S/C18H33N3O2/c1-18(2,3)14-8-4-5-9-15(14)19-12-16(22)20-13-17(23)21-10-6-7-11-21/h14-15,19H,4-13H2,1-3H3,(H,20,22)/t14-,15-/m0/s1. The van der Waals surface area contributed by atoms with Crippen LogP contribution in [0.15, 0.2) is 0 Å². The van der Waals surface area contributed by atoms with Gasteiger partial charge in [0.05, 0.1) is 13.1 Å². The second-order valence-corrected chi connectivity index (χ2v) is 8.11. The molecule has 1 aliphatic carbocycles. The highest BCUT2D eigenvalue weighted by Gasteiger charge is 2.34. The Morgan fingerprint density at radius 2 is 1.65 bits per heavy atom. The van der Waals surface area contributed by atoms with E-state index in [1.54, 1.807) is 0 Å². The van der Waals surface area contributed by atoms with Crippen LogP contribution < -0.4 is 10.6 Å². The van der Waals surface area contributed by atoms with Crippen LogP contribution in [-0.2, 0) is 9.59 Å². The lowest BCUT2D eigenvalue weighted by Gasteiger charge is -2.40. The van der Waals surface area contributed by atoms with Gasteiger partial charge < -0.3 is 15.5 Å². The van der Waals surface area contributed by atoms with Crippen LogP contribution in [0.2, 0.25) is 0 Å². The molecular formula is C18H33N3O2. The molecule has 0 aromatic heterocycles. The van der Waals surface area contributed by atoms with Crippen molar-refractivity contribution in [3.05, 3.63) is 0 Å². The number of hydrogen-bond acceptors (Lipinski definition) is 3. The zero-order valence-corrected chi connectivity index (χ0v) is 15.0. The van der Waals surface area contributed by atoms with E-state index in [4.69, 9.17) is 0 Å². The van der Waals surface area contributed by atoms with Crippen LogP contribution in [0.3, 0.4) is 0 Å². The van der Waals surface area contributed by atoms with Gasteiger partial charge in [0.2, 0.25) is 11.8 Å².